The van der Waals surface area contributed by atoms with Gasteiger partial charge in [-0.1, -0.05) is 0 Å². The summed E-state index contributed by atoms with van der Waals surface area (Å²) < 4.78 is 0. The van der Waals surface area contributed by atoms with E-state index in [9.17, 15) is 14.7 Å². The maximum atomic E-state index is 11.3. The average molecular weight is 224 g/mol. The molecule has 1 aromatic rings. The van der Waals surface area contributed by atoms with Crippen molar-refractivity contribution in [2.75, 3.05) is 5.32 Å². The van der Waals surface area contributed by atoms with Crippen LogP contribution in [0.25, 0.3) is 0 Å². The number of nitrogens with two attached hydrogens (primary N) is 1. The van der Waals surface area contributed by atoms with Gasteiger partial charge in [-0.15, -0.1) is 0 Å². The van der Waals surface area contributed by atoms with Gasteiger partial charge in [0, 0.05) is 0 Å². The minimum atomic E-state index is -1.14. The van der Waals surface area contributed by atoms with E-state index in [1.807, 2.05) is 0 Å². The maximum absolute atomic E-state index is 11.3. The molecule has 0 bridgehead atoms. The van der Waals surface area contributed by atoms with Crippen LogP contribution in [0.1, 0.15) is 17.3 Å². The fourth-order valence-electron chi connectivity index (χ4n) is 1.02. The zero-order chi connectivity index (χ0) is 12.3. The number of carboxylic acids is 1. The molecule has 0 heterocycles. The molecule has 0 saturated carbocycles. The van der Waals surface area contributed by atoms with E-state index >= 15 is 0 Å². The smallest absolute Gasteiger partial charge is 0.335 e. The van der Waals surface area contributed by atoms with E-state index in [1.54, 1.807) is 0 Å². The molecule has 1 unspecified atom stereocenters. The molecule has 0 fully saturated rings. The highest BCUT2D eigenvalue weighted by molar-refractivity contribution is 5.97. The number of hydrogen-bond donors (Lipinski definition) is 4. The zero-order valence-electron chi connectivity index (χ0n) is 8.60. The molecule has 1 amide bonds. The molecular formula is C10H12N2O4. The second-order valence-corrected chi connectivity index (χ2v) is 3.32. The Kier molecular flexibility index (Phi) is 3.47. The lowest BCUT2D eigenvalue weighted by atomic mass is 10.2. The van der Waals surface area contributed by atoms with Gasteiger partial charge in [-0.2, -0.15) is 0 Å². The molecule has 1 aromatic carbocycles. The molecule has 0 spiro atoms. The molecule has 16 heavy (non-hydrogen) atoms. The van der Waals surface area contributed by atoms with Crippen molar-refractivity contribution in [2.45, 2.75) is 13.0 Å². The van der Waals surface area contributed by atoms with Crippen LogP contribution in [0.2, 0.25) is 0 Å². The third-order valence-corrected chi connectivity index (χ3v) is 1.91. The van der Waals surface area contributed by atoms with Crippen molar-refractivity contribution in [1.82, 2.24) is 0 Å². The summed E-state index contributed by atoms with van der Waals surface area (Å²) in [5.74, 6) is -1.85. The highest BCUT2D eigenvalue weighted by Crippen LogP contribution is 2.24. The first-order chi connectivity index (χ1) is 7.41. The Morgan fingerprint density at radius 1 is 1.44 bits per heavy atom. The largest absolute Gasteiger partial charge is 0.506 e. The third kappa shape index (κ3) is 2.71. The van der Waals surface area contributed by atoms with E-state index in [4.69, 9.17) is 10.8 Å². The SMILES string of the molecule is CC(N)C(=O)Nc1cc(C(=O)O)ccc1O. The lowest BCUT2D eigenvalue weighted by Crippen LogP contribution is -2.32. The van der Waals surface area contributed by atoms with Gasteiger partial charge in [0.05, 0.1) is 17.3 Å². The summed E-state index contributed by atoms with van der Waals surface area (Å²) >= 11 is 0. The topological polar surface area (TPSA) is 113 Å². The standard InChI is InChI=1S/C10H12N2O4/c1-5(11)9(14)12-7-4-6(10(15)16)2-3-8(7)13/h2-5,13H,11H2,1H3,(H,12,14)(H,15,16). The Hall–Kier alpha value is -2.08. The monoisotopic (exact) mass is 224 g/mol. The van der Waals surface area contributed by atoms with Crippen molar-refractivity contribution in [3.8, 4) is 5.75 Å². The van der Waals surface area contributed by atoms with Gasteiger partial charge in [0.15, 0.2) is 0 Å². The van der Waals surface area contributed by atoms with Gasteiger partial charge in [-0.25, -0.2) is 4.79 Å². The lowest BCUT2D eigenvalue weighted by molar-refractivity contribution is -0.117. The number of benzene rings is 1. The summed E-state index contributed by atoms with van der Waals surface area (Å²) in [6.45, 7) is 1.48. The number of phenolic OH excluding ortho intramolecular Hbond substituents is 1. The van der Waals surface area contributed by atoms with Crippen LogP contribution in [-0.4, -0.2) is 28.1 Å². The number of carbonyl (C=O) groups is 2. The van der Waals surface area contributed by atoms with Crippen molar-refractivity contribution in [3.63, 3.8) is 0 Å². The minimum Gasteiger partial charge on any atom is -0.506 e. The summed E-state index contributed by atoms with van der Waals surface area (Å²) in [5.41, 5.74) is 5.32. The van der Waals surface area contributed by atoms with Crippen LogP contribution in [0.4, 0.5) is 5.69 Å². The van der Waals surface area contributed by atoms with Crippen LogP contribution in [0.15, 0.2) is 18.2 Å². The molecule has 0 aliphatic carbocycles. The van der Waals surface area contributed by atoms with Crippen molar-refractivity contribution < 1.29 is 19.8 Å². The number of aromatic hydroxyl groups is 1. The predicted octanol–water partition coefficient (Wildman–Crippen LogP) is 0.376. The first-order valence-corrected chi connectivity index (χ1v) is 4.54. The van der Waals surface area contributed by atoms with Gasteiger partial charge in [-0.3, -0.25) is 4.79 Å². The minimum absolute atomic E-state index is 0.0298. The van der Waals surface area contributed by atoms with Gasteiger partial charge < -0.3 is 21.3 Å². The normalized spacial score (nSPS) is 11.9. The summed E-state index contributed by atoms with van der Waals surface area (Å²) in [7, 11) is 0. The number of rotatable bonds is 3. The highest BCUT2D eigenvalue weighted by Gasteiger charge is 2.12. The quantitative estimate of drug-likeness (QED) is 0.554. The Morgan fingerprint density at radius 3 is 2.56 bits per heavy atom. The van der Waals surface area contributed by atoms with Crippen molar-refractivity contribution in [2.24, 2.45) is 5.73 Å². The van der Waals surface area contributed by atoms with Crippen LogP contribution < -0.4 is 11.1 Å². The Morgan fingerprint density at radius 2 is 2.06 bits per heavy atom. The number of anilines is 1. The first-order valence-electron chi connectivity index (χ1n) is 4.54. The molecule has 6 nitrogen and oxygen atoms in total. The van der Waals surface area contributed by atoms with E-state index in [0.29, 0.717) is 0 Å². The van der Waals surface area contributed by atoms with E-state index in [0.717, 1.165) is 6.07 Å². The van der Waals surface area contributed by atoms with Gasteiger partial charge in [-0.05, 0) is 25.1 Å². The molecule has 1 rings (SSSR count). The molecular weight excluding hydrogens is 212 g/mol. The van der Waals surface area contributed by atoms with Crippen molar-refractivity contribution >= 4 is 17.6 Å². The van der Waals surface area contributed by atoms with Gasteiger partial charge in [0.25, 0.3) is 0 Å². The first kappa shape index (κ1) is 12.0. The number of amides is 1. The number of carboxylic acid groups (broad SMARTS) is 1. The number of phenols is 1. The molecule has 0 radical (unpaired) electrons. The van der Waals surface area contributed by atoms with E-state index < -0.39 is 17.9 Å². The average Bonchev–Trinajstić information content (AvgIpc) is 2.20. The molecule has 5 N–H and O–H groups in total. The van der Waals surface area contributed by atoms with Gasteiger partial charge >= 0.3 is 5.97 Å². The second-order valence-electron chi connectivity index (χ2n) is 3.32. The Labute approximate surface area is 91.7 Å². The molecule has 1 atom stereocenters. The maximum Gasteiger partial charge on any atom is 0.335 e. The molecule has 0 saturated heterocycles. The Bertz CT molecular complexity index is 429. The molecule has 86 valence electrons. The summed E-state index contributed by atoms with van der Waals surface area (Å²) in [6, 6.07) is 2.85. The van der Waals surface area contributed by atoms with Crippen LogP contribution in [0.3, 0.4) is 0 Å². The number of carbonyl (C=O) groups excluding carboxylic acids is 1. The number of aromatic carboxylic acids is 1. The van der Waals surface area contributed by atoms with Gasteiger partial charge in [0.1, 0.15) is 5.75 Å². The van der Waals surface area contributed by atoms with E-state index in [2.05, 4.69) is 5.32 Å². The second kappa shape index (κ2) is 4.63. The molecule has 6 heteroatoms. The Balaban J connectivity index is 2.99. The fourth-order valence-corrected chi connectivity index (χ4v) is 1.02. The molecule has 0 aromatic heterocycles. The number of nitrogens with one attached hydrogen (secondary N) is 1. The van der Waals surface area contributed by atoms with Gasteiger partial charge in [0.2, 0.25) is 5.91 Å². The van der Waals surface area contributed by atoms with E-state index in [1.165, 1.54) is 19.1 Å². The summed E-state index contributed by atoms with van der Waals surface area (Å²) in [6.07, 6.45) is 0. The third-order valence-electron chi connectivity index (χ3n) is 1.91. The molecule has 0 aliphatic heterocycles. The van der Waals surface area contributed by atoms with Crippen molar-refractivity contribution in [3.05, 3.63) is 23.8 Å². The highest BCUT2D eigenvalue weighted by atomic mass is 16.4. The van der Waals surface area contributed by atoms with Crippen LogP contribution >= 0.6 is 0 Å². The summed E-state index contributed by atoms with van der Waals surface area (Å²) in [5, 5.41) is 20.5. The van der Waals surface area contributed by atoms with Crippen LogP contribution in [0, 0.1) is 0 Å². The van der Waals surface area contributed by atoms with E-state index in [-0.39, 0.29) is 17.0 Å². The molecule has 0 aliphatic rings. The fraction of sp³-hybridized carbons (Fsp3) is 0.200. The van der Waals surface area contributed by atoms with Crippen molar-refractivity contribution in [1.29, 1.82) is 0 Å². The lowest BCUT2D eigenvalue weighted by Gasteiger charge is -2.09. The number of hydrogen-bond acceptors (Lipinski definition) is 4. The predicted molar refractivity (Wildman–Crippen MR) is 57.3 cm³/mol. The zero-order valence-corrected chi connectivity index (χ0v) is 8.60. The van der Waals surface area contributed by atoms with Crippen LogP contribution in [-0.2, 0) is 4.79 Å². The van der Waals surface area contributed by atoms with Crippen LogP contribution in [0.5, 0.6) is 5.75 Å². The summed E-state index contributed by atoms with van der Waals surface area (Å²) in [4.78, 5) is 21.9.